The number of aliphatic hydroxyl groups excluding tert-OH is 1. The molecule has 3 N–H and O–H groups in total. The number of halogens is 2. The highest BCUT2D eigenvalue weighted by atomic mass is 35.5. The third-order valence-corrected chi connectivity index (χ3v) is 6.11. The summed E-state index contributed by atoms with van der Waals surface area (Å²) in [6.07, 6.45) is 9.30. The molecule has 0 unspecified atom stereocenters. The maximum atomic E-state index is 9.70. The largest absolute Gasteiger partial charge is 0.390 e. The number of benzene rings is 1. The Balaban J connectivity index is 1.51. The van der Waals surface area contributed by atoms with Gasteiger partial charge >= 0.3 is 0 Å². The van der Waals surface area contributed by atoms with Crippen LogP contribution in [0.1, 0.15) is 44.2 Å². The molecule has 2 heterocycles. The van der Waals surface area contributed by atoms with Crippen molar-refractivity contribution in [3.63, 3.8) is 0 Å². The summed E-state index contributed by atoms with van der Waals surface area (Å²) in [4.78, 5) is 9.15. The van der Waals surface area contributed by atoms with Crippen LogP contribution in [0.4, 0.5) is 5.82 Å². The highest BCUT2D eigenvalue weighted by Crippen LogP contribution is 2.30. The molecule has 2 aromatic heterocycles. The Kier molecular flexibility index (Phi) is 6.21. The summed E-state index contributed by atoms with van der Waals surface area (Å²) in [6.45, 7) is 1.65. The Morgan fingerprint density at radius 1 is 1.11 bits per heavy atom. The first-order valence-corrected chi connectivity index (χ1v) is 10.7. The van der Waals surface area contributed by atoms with Gasteiger partial charge in [0.1, 0.15) is 0 Å². The van der Waals surface area contributed by atoms with Gasteiger partial charge in [0.15, 0.2) is 11.5 Å². The van der Waals surface area contributed by atoms with E-state index in [1.807, 2.05) is 4.40 Å². The van der Waals surface area contributed by atoms with Crippen molar-refractivity contribution in [2.24, 2.45) is 0 Å². The van der Waals surface area contributed by atoms with Gasteiger partial charge in [-0.15, -0.1) is 0 Å². The van der Waals surface area contributed by atoms with Crippen LogP contribution in [0, 0.1) is 0 Å². The maximum Gasteiger partial charge on any atom is 0.180 e. The van der Waals surface area contributed by atoms with E-state index < -0.39 is 0 Å². The van der Waals surface area contributed by atoms with Gasteiger partial charge in [0, 0.05) is 12.6 Å². The van der Waals surface area contributed by atoms with E-state index in [1.165, 1.54) is 32.1 Å². The number of nitrogens with zero attached hydrogens (tertiary/aromatic N) is 3. The molecule has 8 heteroatoms. The molecule has 1 aliphatic rings. The van der Waals surface area contributed by atoms with Crippen molar-refractivity contribution >= 4 is 45.7 Å². The Hall–Kier alpha value is -1.60. The molecule has 1 fully saturated rings. The quantitative estimate of drug-likeness (QED) is 0.492. The number of nitrogens with one attached hydrogen (secondary N) is 2. The summed E-state index contributed by atoms with van der Waals surface area (Å²) < 4.78 is 1.88. The molecule has 1 aliphatic carbocycles. The van der Waals surface area contributed by atoms with Gasteiger partial charge < -0.3 is 15.7 Å². The predicted molar refractivity (Wildman–Crippen MR) is 114 cm³/mol. The number of hydrogen-bond donors (Lipinski definition) is 3. The van der Waals surface area contributed by atoms with Crippen LogP contribution < -0.4 is 10.6 Å². The van der Waals surface area contributed by atoms with Gasteiger partial charge in [-0.25, -0.2) is 9.97 Å². The molecule has 1 aromatic carbocycles. The van der Waals surface area contributed by atoms with Crippen LogP contribution in [0.25, 0.3) is 16.7 Å². The summed E-state index contributed by atoms with van der Waals surface area (Å²) in [5, 5.41) is 17.7. The molecular formula is C20H25Cl2N5O. The number of aliphatic hydroxyl groups is 1. The van der Waals surface area contributed by atoms with E-state index in [0.717, 1.165) is 25.0 Å². The second-order valence-electron chi connectivity index (χ2n) is 7.35. The van der Waals surface area contributed by atoms with E-state index in [4.69, 9.17) is 28.2 Å². The minimum absolute atomic E-state index is 0.120. The van der Waals surface area contributed by atoms with Crippen molar-refractivity contribution < 1.29 is 5.11 Å². The van der Waals surface area contributed by atoms with Crippen molar-refractivity contribution in [2.45, 2.75) is 51.2 Å². The van der Waals surface area contributed by atoms with Gasteiger partial charge in [-0.3, -0.25) is 4.40 Å². The minimum Gasteiger partial charge on any atom is -0.390 e. The van der Waals surface area contributed by atoms with Crippen molar-refractivity contribution in [1.82, 2.24) is 19.7 Å². The molecule has 3 aromatic rings. The lowest BCUT2D eigenvalue weighted by molar-refractivity contribution is 0.276. The highest BCUT2D eigenvalue weighted by molar-refractivity contribution is 6.42. The SMILES string of the molecule is OCc1cnc2c(NCCCNC3CCCCC3)nc3cc(Cl)c(Cl)cc3n12. The highest BCUT2D eigenvalue weighted by Gasteiger charge is 2.15. The lowest BCUT2D eigenvalue weighted by Crippen LogP contribution is -2.32. The zero-order valence-electron chi connectivity index (χ0n) is 15.7. The molecule has 0 amide bonds. The van der Waals surface area contributed by atoms with Gasteiger partial charge in [0.25, 0.3) is 0 Å². The van der Waals surface area contributed by atoms with Crippen LogP contribution in [0.3, 0.4) is 0 Å². The Bertz CT molecular complexity index is 968. The molecule has 28 heavy (non-hydrogen) atoms. The molecular weight excluding hydrogens is 397 g/mol. The number of aromatic nitrogens is 3. The van der Waals surface area contributed by atoms with E-state index in [2.05, 4.69) is 15.6 Å². The van der Waals surface area contributed by atoms with Gasteiger partial charge in [0.05, 0.1) is 39.6 Å². The fraction of sp³-hybridized carbons (Fsp3) is 0.500. The van der Waals surface area contributed by atoms with E-state index in [-0.39, 0.29) is 6.61 Å². The number of hydrogen-bond acceptors (Lipinski definition) is 5. The molecule has 0 spiro atoms. The first-order valence-electron chi connectivity index (χ1n) is 9.90. The smallest absolute Gasteiger partial charge is 0.180 e. The van der Waals surface area contributed by atoms with Crippen LogP contribution >= 0.6 is 23.2 Å². The first kappa shape index (κ1) is 19.7. The first-order chi connectivity index (χ1) is 13.7. The average molecular weight is 422 g/mol. The van der Waals surface area contributed by atoms with Crippen molar-refractivity contribution in [2.75, 3.05) is 18.4 Å². The van der Waals surface area contributed by atoms with Crippen LogP contribution in [-0.2, 0) is 6.61 Å². The summed E-state index contributed by atoms with van der Waals surface area (Å²) in [7, 11) is 0. The molecule has 6 nitrogen and oxygen atoms in total. The number of fused-ring (bicyclic) bond motifs is 3. The van der Waals surface area contributed by atoms with E-state index in [0.29, 0.717) is 38.8 Å². The molecule has 0 aliphatic heterocycles. The van der Waals surface area contributed by atoms with Crippen LogP contribution in [0.5, 0.6) is 0 Å². The number of rotatable bonds is 7. The zero-order chi connectivity index (χ0) is 19.5. The summed E-state index contributed by atoms with van der Waals surface area (Å²) in [6, 6.07) is 4.18. The third kappa shape index (κ3) is 4.06. The fourth-order valence-electron chi connectivity index (χ4n) is 3.93. The van der Waals surface area contributed by atoms with E-state index in [9.17, 15) is 5.11 Å². The molecule has 4 rings (SSSR count). The van der Waals surface area contributed by atoms with Crippen LogP contribution in [-0.4, -0.2) is 38.6 Å². The Morgan fingerprint density at radius 2 is 1.89 bits per heavy atom. The lowest BCUT2D eigenvalue weighted by atomic mass is 9.95. The number of anilines is 1. The van der Waals surface area contributed by atoms with Crippen molar-refractivity contribution in [1.29, 1.82) is 0 Å². The molecule has 150 valence electrons. The molecule has 0 bridgehead atoms. The average Bonchev–Trinajstić information content (AvgIpc) is 3.14. The van der Waals surface area contributed by atoms with Crippen LogP contribution in [0.15, 0.2) is 18.3 Å². The minimum atomic E-state index is -0.120. The second kappa shape index (κ2) is 8.82. The topological polar surface area (TPSA) is 74.5 Å². The van der Waals surface area contributed by atoms with Gasteiger partial charge in [-0.1, -0.05) is 42.5 Å². The Labute approximate surface area is 174 Å². The maximum absolute atomic E-state index is 9.70. The molecule has 1 saturated carbocycles. The van der Waals surface area contributed by atoms with Crippen LogP contribution in [0.2, 0.25) is 10.0 Å². The zero-order valence-corrected chi connectivity index (χ0v) is 17.2. The predicted octanol–water partition coefficient (Wildman–Crippen LogP) is 4.41. The summed E-state index contributed by atoms with van der Waals surface area (Å²) in [5.74, 6) is 0.684. The van der Waals surface area contributed by atoms with E-state index in [1.54, 1.807) is 18.3 Å². The second-order valence-corrected chi connectivity index (χ2v) is 8.17. The van der Waals surface area contributed by atoms with Crippen molar-refractivity contribution in [3.05, 3.63) is 34.1 Å². The number of imidazole rings is 1. The third-order valence-electron chi connectivity index (χ3n) is 5.38. The summed E-state index contributed by atoms with van der Waals surface area (Å²) in [5.41, 5.74) is 2.84. The van der Waals surface area contributed by atoms with Gasteiger partial charge in [-0.2, -0.15) is 0 Å². The standard InChI is InChI=1S/C20H25Cl2N5O/c21-15-9-17-18(10-16(15)22)27-14(12-28)11-25-20(27)19(26-17)24-8-4-7-23-13-5-2-1-3-6-13/h9-11,13,23,28H,1-8,12H2,(H,24,26). The van der Waals surface area contributed by atoms with E-state index >= 15 is 0 Å². The van der Waals surface area contributed by atoms with Gasteiger partial charge in [0.2, 0.25) is 0 Å². The van der Waals surface area contributed by atoms with Gasteiger partial charge in [-0.05, 0) is 37.9 Å². The Morgan fingerprint density at radius 3 is 2.68 bits per heavy atom. The summed E-state index contributed by atoms with van der Waals surface area (Å²) >= 11 is 12.4. The molecule has 0 atom stereocenters. The monoisotopic (exact) mass is 421 g/mol. The fourth-order valence-corrected chi connectivity index (χ4v) is 4.24. The lowest BCUT2D eigenvalue weighted by Gasteiger charge is -2.22. The molecule has 0 saturated heterocycles. The molecule has 0 radical (unpaired) electrons. The van der Waals surface area contributed by atoms with Crippen molar-refractivity contribution in [3.8, 4) is 0 Å². The normalized spacial score (nSPS) is 15.5.